The fourth-order valence-electron chi connectivity index (χ4n) is 2.59. The Morgan fingerprint density at radius 2 is 0.897 bits per heavy atom. The zero-order valence-corrected chi connectivity index (χ0v) is 20.2. The van der Waals surface area contributed by atoms with Crippen molar-refractivity contribution in [2.75, 3.05) is 12.5 Å². The van der Waals surface area contributed by atoms with E-state index in [1.54, 1.807) is 0 Å². The van der Waals surface area contributed by atoms with E-state index in [-0.39, 0.29) is 5.56 Å². The second-order valence-corrected chi connectivity index (χ2v) is 13.2. The van der Waals surface area contributed by atoms with Crippen molar-refractivity contribution < 1.29 is 86.7 Å². The molecule has 1 aromatic carbocycles. The van der Waals surface area contributed by atoms with E-state index in [2.05, 4.69) is 3.63 Å². The Hall–Kier alpha value is -1.71. The van der Waals surface area contributed by atoms with Crippen molar-refractivity contribution in [3.63, 3.8) is 0 Å². The molecule has 230 valence electrons. The van der Waals surface area contributed by atoms with Gasteiger partial charge in [0.05, 0.1) is 0 Å². The molecule has 0 aliphatic heterocycles. The number of hydrogen-bond acceptors (Lipinski definition) is 3. The minimum Gasteiger partial charge on any atom is -0.215 e. The van der Waals surface area contributed by atoms with Gasteiger partial charge in [-0.3, -0.25) is 0 Å². The molecule has 0 aliphatic carbocycles. The lowest BCUT2D eigenvalue weighted by Crippen LogP contribution is -2.75. The summed E-state index contributed by atoms with van der Waals surface area (Å²) in [5, 5.41) is -7.69. The summed E-state index contributed by atoms with van der Waals surface area (Å²) in [6.45, 7) is 0. The minimum atomic E-state index is -8.88. The zero-order valence-electron chi connectivity index (χ0n) is 18.6. The van der Waals surface area contributed by atoms with Crippen LogP contribution in [0.2, 0.25) is 0 Å². The highest BCUT2D eigenvalue weighted by Gasteiger charge is 2.96. The first kappa shape index (κ1) is 35.3. The van der Waals surface area contributed by atoms with E-state index < -0.39 is 73.1 Å². The van der Waals surface area contributed by atoms with Crippen molar-refractivity contribution in [1.82, 2.24) is 0 Å². The summed E-state index contributed by atoms with van der Waals surface area (Å²) in [6.07, 6.45) is -6.62. The first-order chi connectivity index (χ1) is 16.8. The van der Waals surface area contributed by atoms with Gasteiger partial charge in [0.1, 0.15) is 0 Å². The molecule has 0 heterocycles. The largest absolute Gasteiger partial charge is 0.460 e. The van der Waals surface area contributed by atoms with E-state index in [4.69, 9.17) is 0 Å². The topological polar surface area (TPSA) is 43.4 Å². The standard InChI is InChI=1S/C17H13F17O3S2/c1-38(2,8-9-6-4-3-5-7-9)37-39(35,36)17(33,34)15(28,29)13(24,25)11(20,21)10(18,19)12(22,23)14(26,27)16(30,31)32/h3-7H,8H2,1-2H3. The molecular formula is C17H13F17O3S2. The highest BCUT2D eigenvalue weighted by molar-refractivity contribution is 8.31. The van der Waals surface area contributed by atoms with Gasteiger partial charge in [0, 0.05) is 5.75 Å². The van der Waals surface area contributed by atoms with Crippen molar-refractivity contribution in [1.29, 1.82) is 0 Å². The molecule has 0 aliphatic rings. The molecule has 0 saturated carbocycles. The van der Waals surface area contributed by atoms with Crippen LogP contribution in [0, 0.1) is 0 Å². The first-order valence-electron chi connectivity index (χ1n) is 9.20. The van der Waals surface area contributed by atoms with Crippen LogP contribution in [-0.2, 0) is 19.5 Å². The van der Waals surface area contributed by atoms with Crippen LogP contribution in [0.5, 0.6) is 0 Å². The molecule has 0 aromatic heterocycles. The van der Waals surface area contributed by atoms with E-state index in [0.717, 1.165) is 0 Å². The Kier molecular flexibility index (Phi) is 8.78. The fraction of sp³-hybridized carbons (Fsp3) is 0.647. The average molecular weight is 652 g/mol. The van der Waals surface area contributed by atoms with Gasteiger partial charge in [-0.15, -0.1) is 10.3 Å². The van der Waals surface area contributed by atoms with Gasteiger partial charge in [0.15, 0.2) is 0 Å². The van der Waals surface area contributed by atoms with Crippen molar-refractivity contribution >= 4 is 20.4 Å². The van der Waals surface area contributed by atoms with Gasteiger partial charge in [-0.05, 0) is 18.1 Å². The second kappa shape index (κ2) is 9.69. The van der Waals surface area contributed by atoms with Gasteiger partial charge in [0.2, 0.25) is 0 Å². The molecule has 0 fully saturated rings. The highest BCUT2D eigenvalue weighted by atomic mass is 32.3. The van der Waals surface area contributed by atoms with Crippen LogP contribution in [-0.4, -0.2) is 67.9 Å². The molecule has 0 atom stereocenters. The molecule has 0 N–H and O–H groups in total. The zero-order chi connectivity index (χ0) is 31.5. The summed E-state index contributed by atoms with van der Waals surface area (Å²) in [6, 6.07) is 6.31. The lowest BCUT2D eigenvalue weighted by atomic mass is 9.91. The molecule has 1 aromatic rings. The Morgan fingerprint density at radius 3 is 1.26 bits per heavy atom. The van der Waals surface area contributed by atoms with Gasteiger partial charge in [0.25, 0.3) is 0 Å². The van der Waals surface area contributed by atoms with Crippen LogP contribution < -0.4 is 0 Å². The smallest absolute Gasteiger partial charge is 0.215 e. The van der Waals surface area contributed by atoms with E-state index in [0.29, 0.717) is 12.5 Å². The van der Waals surface area contributed by atoms with Crippen LogP contribution in [0.15, 0.2) is 30.3 Å². The fourth-order valence-corrected chi connectivity index (χ4v) is 6.50. The normalized spacial score (nSPS) is 16.4. The monoisotopic (exact) mass is 652 g/mol. The third kappa shape index (κ3) is 5.35. The number of rotatable bonds is 11. The van der Waals surface area contributed by atoms with Gasteiger partial charge >= 0.3 is 57.1 Å². The second-order valence-electron chi connectivity index (χ2n) is 8.05. The molecule has 1 rings (SSSR count). The molecule has 0 unspecified atom stereocenters. The molecule has 0 spiro atoms. The summed E-state index contributed by atoms with van der Waals surface area (Å²) >= 11 is 0. The third-order valence-electron chi connectivity index (χ3n) is 4.64. The number of benzene rings is 1. The number of alkyl halides is 17. The lowest BCUT2D eigenvalue weighted by molar-refractivity contribution is -0.458. The number of hydrogen-bond donors (Lipinski definition) is 0. The van der Waals surface area contributed by atoms with E-state index >= 15 is 0 Å². The Morgan fingerprint density at radius 1 is 0.564 bits per heavy atom. The van der Waals surface area contributed by atoms with Crippen LogP contribution in [0.1, 0.15) is 5.56 Å². The predicted molar refractivity (Wildman–Crippen MR) is 100 cm³/mol. The summed E-state index contributed by atoms with van der Waals surface area (Å²) < 4.78 is 254. The maximum absolute atomic E-state index is 14.2. The van der Waals surface area contributed by atoms with Gasteiger partial charge in [-0.2, -0.15) is 83.1 Å². The summed E-state index contributed by atoms with van der Waals surface area (Å²) in [7, 11) is -11.2. The van der Waals surface area contributed by atoms with Crippen molar-refractivity contribution in [2.45, 2.75) is 52.7 Å². The quantitative estimate of drug-likeness (QED) is 0.233. The molecule has 22 heteroatoms. The molecular weight excluding hydrogens is 639 g/mol. The molecule has 0 bridgehead atoms. The van der Waals surface area contributed by atoms with Crippen molar-refractivity contribution in [3.05, 3.63) is 35.9 Å². The third-order valence-corrected chi connectivity index (χ3v) is 8.74. The predicted octanol–water partition coefficient (Wildman–Crippen LogP) is 7.48. The highest BCUT2D eigenvalue weighted by Crippen LogP contribution is 2.65. The molecule has 0 saturated heterocycles. The van der Waals surface area contributed by atoms with Crippen LogP contribution in [0.25, 0.3) is 0 Å². The van der Waals surface area contributed by atoms with E-state index in [9.17, 15) is 83.1 Å². The summed E-state index contributed by atoms with van der Waals surface area (Å²) in [5.41, 5.74) is 0.0482. The average Bonchev–Trinajstić information content (AvgIpc) is 2.71. The molecule has 0 radical (unpaired) electrons. The first-order valence-corrected chi connectivity index (χ1v) is 13.2. The van der Waals surface area contributed by atoms with E-state index in [1.165, 1.54) is 30.3 Å². The Bertz CT molecular complexity index is 1130. The van der Waals surface area contributed by atoms with Crippen molar-refractivity contribution in [3.8, 4) is 0 Å². The summed E-state index contributed by atoms with van der Waals surface area (Å²) in [5.74, 6) is -52.6. The summed E-state index contributed by atoms with van der Waals surface area (Å²) in [4.78, 5) is 0. The van der Waals surface area contributed by atoms with Gasteiger partial charge < -0.3 is 0 Å². The molecule has 0 amide bonds. The van der Waals surface area contributed by atoms with Gasteiger partial charge in [-0.25, -0.2) is 3.63 Å². The van der Waals surface area contributed by atoms with Crippen molar-refractivity contribution in [2.24, 2.45) is 0 Å². The Labute approximate surface area is 208 Å². The Balaban J connectivity index is 3.62. The SMILES string of the molecule is CS(C)(Cc1ccccc1)OS(=O)(=O)C(F)(F)C(F)(F)C(F)(F)C(F)(F)C(F)(F)C(F)(F)C(F)(F)C(F)(F)F. The van der Waals surface area contributed by atoms with E-state index in [1.807, 2.05) is 0 Å². The minimum absolute atomic E-state index is 0.0482. The maximum Gasteiger partial charge on any atom is 0.460 e. The van der Waals surface area contributed by atoms with Crippen LogP contribution in [0.3, 0.4) is 0 Å². The number of halogens is 17. The van der Waals surface area contributed by atoms with Gasteiger partial charge in [-0.1, -0.05) is 30.3 Å². The molecule has 3 nitrogen and oxygen atoms in total. The van der Waals surface area contributed by atoms with Crippen LogP contribution in [0.4, 0.5) is 74.6 Å². The lowest BCUT2D eigenvalue weighted by Gasteiger charge is -2.42. The van der Waals surface area contributed by atoms with Crippen LogP contribution >= 0.6 is 10.3 Å². The molecule has 39 heavy (non-hydrogen) atoms. The maximum atomic E-state index is 14.2.